The Morgan fingerprint density at radius 3 is 2.91 bits per heavy atom. The number of nitrogens with one attached hydrogen (secondary N) is 1. The molecule has 2 atom stereocenters. The van der Waals surface area contributed by atoms with Gasteiger partial charge in [0.15, 0.2) is 10.8 Å². The number of benzene rings is 1. The van der Waals surface area contributed by atoms with Crippen molar-refractivity contribution in [1.82, 2.24) is 19.6 Å². The molecule has 4 heterocycles. The number of anilines is 1. The van der Waals surface area contributed by atoms with Crippen molar-refractivity contribution in [1.29, 1.82) is 0 Å². The Bertz CT molecular complexity index is 1360. The van der Waals surface area contributed by atoms with Crippen molar-refractivity contribution in [3.05, 3.63) is 53.0 Å². The molecule has 1 N–H and O–H groups in total. The van der Waals surface area contributed by atoms with Gasteiger partial charge in [-0.1, -0.05) is 60.1 Å². The number of hydrogen-bond donors (Lipinski definition) is 1. The minimum absolute atomic E-state index is 0.0697. The van der Waals surface area contributed by atoms with Crippen LogP contribution in [-0.4, -0.2) is 42.3 Å². The van der Waals surface area contributed by atoms with E-state index < -0.39 is 0 Å². The van der Waals surface area contributed by atoms with Crippen molar-refractivity contribution in [3.63, 3.8) is 0 Å². The number of carbonyl (C=O) groups excluding carboxylic acids is 1. The summed E-state index contributed by atoms with van der Waals surface area (Å²) in [4.78, 5) is 23.7. The van der Waals surface area contributed by atoms with Crippen LogP contribution in [0.4, 0.5) is 5.69 Å². The van der Waals surface area contributed by atoms with E-state index in [9.17, 15) is 4.79 Å². The lowest BCUT2D eigenvalue weighted by Gasteiger charge is -2.26. The molecule has 1 aromatic carbocycles. The number of thioether (sulfide) groups is 2. The van der Waals surface area contributed by atoms with Gasteiger partial charge in [-0.25, -0.2) is 4.98 Å². The molecule has 3 aromatic rings. The summed E-state index contributed by atoms with van der Waals surface area (Å²) in [6.45, 7) is 4.27. The number of unbranched alkanes of at least 4 members (excludes halogenated alkanes) is 1. The van der Waals surface area contributed by atoms with Crippen LogP contribution in [0, 0.1) is 6.92 Å². The fourth-order valence-corrected chi connectivity index (χ4v) is 7.32. The molecule has 1 aliphatic carbocycles. The summed E-state index contributed by atoms with van der Waals surface area (Å²) in [6, 6.07) is 7.79. The highest BCUT2D eigenvalue weighted by Crippen LogP contribution is 2.55. The third-order valence-electron chi connectivity index (χ3n) is 6.93. The highest BCUT2D eigenvalue weighted by Gasteiger charge is 2.44. The summed E-state index contributed by atoms with van der Waals surface area (Å²) >= 11 is 3.15. The minimum atomic E-state index is -0.0697. The zero-order valence-electron chi connectivity index (χ0n) is 20.0. The van der Waals surface area contributed by atoms with Crippen molar-refractivity contribution in [3.8, 4) is 0 Å². The smallest absolute Gasteiger partial charge is 0.234 e. The van der Waals surface area contributed by atoms with Crippen LogP contribution in [0.25, 0.3) is 5.65 Å². The number of aliphatic imine (C=N–C) groups is 1. The van der Waals surface area contributed by atoms with Crippen LogP contribution in [0.2, 0.25) is 0 Å². The largest absolute Gasteiger partial charge is 0.325 e. The lowest BCUT2D eigenvalue weighted by molar-refractivity contribution is -0.113. The van der Waals surface area contributed by atoms with Gasteiger partial charge in [0, 0.05) is 11.4 Å². The third-order valence-corrected chi connectivity index (χ3v) is 9.12. The first-order valence-electron chi connectivity index (χ1n) is 12.3. The molecule has 0 bridgehead atoms. The molecule has 35 heavy (non-hydrogen) atoms. The normalized spacial score (nSPS) is 20.6. The topological polar surface area (TPSA) is 84.5 Å². The second-order valence-corrected chi connectivity index (χ2v) is 11.4. The summed E-state index contributed by atoms with van der Waals surface area (Å²) in [5.74, 6) is 0.446. The van der Waals surface area contributed by atoms with Crippen LogP contribution in [-0.2, 0) is 4.79 Å². The molecule has 2 aliphatic heterocycles. The number of rotatable bonds is 7. The Morgan fingerprint density at radius 2 is 2.09 bits per heavy atom. The average Bonchev–Trinajstić information content (AvgIpc) is 3.58. The molecule has 0 unspecified atom stereocenters. The van der Waals surface area contributed by atoms with Gasteiger partial charge >= 0.3 is 0 Å². The molecule has 0 saturated heterocycles. The Labute approximate surface area is 213 Å². The predicted molar refractivity (Wildman–Crippen MR) is 142 cm³/mol. The Hall–Kier alpha value is -2.65. The number of nitrogens with zero attached hydrogens (tertiary/aromatic N) is 5. The molecule has 9 heteroatoms. The van der Waals surface area contributed by atoms with Crippen LogP contribution < -0.4 is 5.32 Å². The monoisotopic (exact) mass is 504 g/mol. The molecule has 0 saturated carbocycles. The van der Waals surface area contributed by atoms with Gasteiger partial charge in [0.25, 0.3) is 0 Å². The molecule has 6 rings (SSSR count). The van der Waals surface area contributed by atoms with E-state index in [1.807, 2.05) is 41.9 Å². The average molecular weight is 505 g/mol. The van der Waals surface area contributed by atoms with Gasteiger partial charge in [-0.3, -0.25) is 14.2 Å². The number of aryl methyl sites for hydroxylation is 1. The molecular formula is C26H28N6OS2. The van der Waals surface area contributed by atoms with Gasteiger partial charge in [0.1, 0.15) is 11.7 Å². The Balaban J connectivity index is 1.22. The first-order valence-corrected chi connectivity index (χ1v) is 14.2. The fraction of sp³-hybridized carbons (Fsp3) is 0.423. The molecule has 0 spiro atoms. The van der Waals surface area contributed by atoms with Crippen molar-refractivity contribution in [2.24, 2.45) is 4.99 Å². The van der Waals surface area contributed by atoms with Crippen LogP contribution in [0.15, 0.2) is 56.8 Å². The molecule has 1 amide bonds. The number of dihydropyridines is 1. The number of carbonyl (C=O) groups is 1. The van der Waals surface area contributed by atoms with Crippen LogP contribution in [0.1, 0.15) is 62.6 Å². The molecule has 180 valence electrons. The molecule has 2 aromatic heterocycles. The molecular weight excluding hydrogens is 476 g/mol. The maximum absolute atomic E-state index is 12.5. The molecule has 7 nitrogen and oxygen atoms in total. The van der Waals surface area contributed by atoms with E-state index in [-0.39, 0.29) is 23.0 Å². The first kappa shape index (κ1) is 22.8. The van der Waals surface area contributed by atoms with Crippen molar-refractivity contribution in [2.75, 3.05) is 11.1 Å². The summed E-state index contributed by atoms with van der Waals surface area (Å²) in [5.41, 5.74) is 8.27. The van der Waals surface area contributed by atoms with Gasteiger partial charge in [-0.15, -0.1) is 10.2 Å². The zero-order valence-corrected chi connectivity index (χ0v) is 21.6. The summed E-state index contributed by atoms with van der Waals surface area (Å²) in [6.07, 6.45) is 8.80. The summed E-state index contributed by atoms with van der Waals surface area (Å²) < 4.78 is 1.92. The van der Waals surface area contributed by atoms with Crippen LogP contribution in [0.3, 0.4) is 0 Å². The standard InChI is InChI=1S/C26H28N6OS2/c1-3-4-8-19-17-6-5-7-18(17)21-22-23(35-25(21)29-19)24-30-31-26(32(24)14-27-22)34-13-20(33)28-16-11-9-15(2)10-12-16/h9-12,14,21,25H,3-8,13H2,1-2H3,(H,28,33)/t21-,25+/m1/s1. The zero-order chi connectivity index (χ0) is 23.9. The van der Waals surface area contributed by atoms with E-state index in [1.54, 1.807) is 17.3 Å². The molecule has 0 radical (unpaired) electrons. The fourth-order valence-electron chi connectivity index (χ4n) is 5.22. The van der Waals surface area contributed by atoms with Gasteiger partial charge in [0.05, 0.1) is 22.3 Å². The lowest BCUT2D eigenvalue weighted by atomic mass is 9.87. The third kappa shape index (κ3) is 4.18. The van der Waals surface area contributed by atoms with E-state index in [1.165, 1.54) is 42.3 Å². The van der Waals surface area contributed by atoms with E-state index in [0.29, 0.717) is 5.16 Å². The van der Waals surface area contributed by atoms with Gasteiger partial charge < -0.3 is 5.32 Å². The van der Waals surface area contributed by atoms with Crippen molar-refractivity contribution >= 4 is 46.5 Å². The van der Waals surface area contributed by atoms with Crippen molar-refractivity contribution in [2.45, 2.75) is 73.7 Å². The second kappa shape index (κ2) is 9.43. The van der Waals surface area contributed by atoms with E-state index in [4.69, 9.17) is 9.98 Å². The first-order chi connectivity index (χ1) is 17.1. The lowest BCUT2D eigenvalue weighted by Crippen LogP contribution is -2.21. The minimum Gasteiger partial charge on any atom is -0.325 e. The maximum Gasteiger partial charge on any atom is 0.234 e. The maximum atomic E-state index is 12.5. The van der Waals surface area contributed by atoms with Crippen LogP contribution >= 0.6 is 23.5 Å². The summed E-state index contributed by atoms with van der Waals surface area (Å²) in [5, 5.41) is 12.7. The quantitative estimate of drug-likeness (QED) is 0.409. The van der Waals surface area contributed by atoms with Crippen LogP contribution in [0.5, 0.6) is 0 Å². The highest BCUT2D eigenvalue weighted by molar-refractivity contribution is 8.00. The predicted octanol–water partition coefficient (Wildman–Crippen LogP) is 5.80. The highest BCUT2D eigenvalue weighted by atomic mass is 32.2. The number of amides is 1. The van der Waals surface area contributed by atoms with Crippen molar-refractivity contribution < 1.29 is 4.79 Å². The Kier molecular flexibility index (Phi) is 6.14. The molecule has 0 fully saturated rings. The van der Waals surface area contributed by atoms with Gasteiger partial charge in [0.2, 0.25) is 5.91 Å². The number of hydrogen-bond acceptors (Lipinski definition) is 7. The van der Waals surface area contributed by atoms with E-state index in [2.05, 4.69) is 22.4 Å². The Morgan fingerprint density at radius 1 is 1.23 bits per heavy atom. The number of fused-ring (bicyclic) bond motifs is 6. The SMILES string of the molecule is CCCCC1=N[C@H]2Sc3c(ncn4c(SCC(=O)Nc5ccc(C)cc5)nnc34)[C@H]2C2=C1CCC2. The van der Waals surface area contributed by atoms with E-state index >= 15 is 0 Å². The summed E-state index contributed by atoms with van der Waals surface area (Å²) in [7, 11) is 0. The second-order valence-electron chi connectivity index (χ2n) is 9.36. The van der Waals surface area contributed by atoms with Gasteiger partial charge in [-0.2, -0.15) is 0 Å². The van der Waals surface area contributed by atoms with Gasteiger partial charge in [-0.05, 0) is 56.7 Å². The number of aromatic nitrogens is 4. The van der Waals surface area contributed by atoms with E-state index in [0.717, 1.165) is 46.7 Å². The number of allylic oxidation sites excluding steroid dienone is 1. The molecule has 3 aliphatic rings.